The van der Waals surface area contributed by atoms with Gasteiger partial charge in [0.25, 0.3) is 0 Å². The van der Waals surface area contributed by atoms with Gasteiger partial charge < -0.3 is 9.74 Å². The summed E-state index contributed by atoms with van der Waals surface area (Å²) in [4.78, 5) is 2.63. The van der Waals surface area contributed by atoms with Gasteiger partial charge >= 0.3 is 0 Å². The molecule has 0 unspecified atom stereocenters. The third kappa shape index (κ3) is 7.75. The molecule has 2 rings (SSSR count). The van der Waals surface area contributed by atoms with Crippen LogP contribution < -0.4 is 9.74 Å². The monoisotopic (exact) mass is 392 g/mol. The summed E-state index contributed by atoms with van der Waals surface area (Å²) >= 11 is 0. The smallest absolute Gasteiger partial charge is 0.242 e. The first-order valence-corrected chi connectivity index (χ1v) is 12.0. The van der Waals surface area contributed by atoms with E-state index in [4.69, 9.17) is 4.43 Å². The standard InChI is InChI=1S/C18H32N2OSi.2ClH/c1-15(2)14-18(20-12-10-19-11-13-20)16-6-8-17(9-7-16)21-22(3,4)5;;/h6-9,15,18-19H,10-14H2,1-5H3;2*1H/t18-;;/m1../s1. The number of nitrogens with zero attached hydrogens (tertiary/aromatic N) is 1. The van der Waals surface area contributed by atoms with Gasteiger partial charge in [0.15, 0.2) is 0 Å². The number of halogens is 2. The van der Waals surface area contributed by atoms with E-state index in [9.17, 15) is 0 Å². The Labute approximate surface area is 161 Å². The second-order valence-electron chi connectivity index (χ2n) is 7.71. The van der Waals surface area contributed by atoms with Crippen molar-refractivity contribution in [2.24, 2.45) is 5.92 Å². The fourth-order valence-corrected chi connectivity index (χ4v) is 3.89. The summed E-state index contributed by atoms with van der Waals surface area (Å²) in [5, 5.41) is 3.45. The van der Waals surface area contributed by atoms with Crippen molar-refractivity contribution in [1.29, 1.82) is 0 Å². The van der Waals surface area contributed by atoms with Gasteiger partial charge in [-0.1, -0.05) is 26.0 Å². The molecule has 1 fully saturated rings. The summed E-state index contributed by atoms with van der Waals surface area (Å²) in [6.07, 6.45) is 1.22. The first-order valence-electron chi connectivity index (χ1n) is 8.59. The average molecular weight is 393 g/mol. The summed E-state index contributed by atoms with van der Waals surface area (Å²) < 4.78 is 6.08. The predicted octanol–water partition coefficient (Wildman–Crippen LogP) is 4.74. The fraction of sp³-hybridized carbons (Fsp3) is 0.667. The lowest BCUT2D eigenvalue weighted by atomic mass is 9.95. The van der Waals surface area contributed by atoms with Gasteiger partial charge in [0.1, 0.15) is 5.75 Å². The first-order chi connectivity index (χ1) is 10.3. The summed E-state index contributed by atoms with van der Waals surface area (Å²) in [6, 6.07) is 9.38. The van der Waals surface area contributed by atoms with Gasteiger partial charge in [-0.15, -0.1) is 24.8 Å². The van der Waals surface area contributed by atoms with E-state index < -0.39 is 8.32 Å². The molecule has 0 amide bonds. The van der Waals surface area contributed by atoms with Crippen LogP contribution in [0.15, 0.2) is 24.3 Å². The molecule has 24 heavy (non-hydrogen) atoms. The van der Waals surface area contributed by atoms with Gasteiger partial charge in [-0.25, -0.2) is 0 Å². The number of hydrogen-bond donors (Lipinski definition) is 1. The molecule has 1 aromatic rings. The Morgan fingerprint density at radius 2 is 1.58 bits per heavy atom. The molecule has 140 valence electrons. The first kappa shape index (κ1) is 23.7. The summed E-state index contributed by atoms with van der Waals surface area (Å²) in [5.74, 6) is 1.73. The molecule has 1 aliphatic rings. The minimum Gasteiger partial charge on any atom is -0.544 e. The molecule has 0 aliphatic carbocycles. The molecule has 0 saturated carbocycles. The van der Waals surface area contributed by atoms with Crippen LogP contribution in [0.5, 0.6) is 5.75 Å². The molecule has 1 atom stereocenters. The zero-order valence-corrected chi connectivity index (χ0v) is 18.3. The molecule has 0 aromatic heterocycles. The Morgan fingerprint density at radius 3 is 2.04 bits per heavy atom. The zero-order chi connectivity index (χ0) is 16.2. The van der Waals surface area contributed by atoms with E-state index in [0.717, 1.165) is 31.9 Å². The van der Waals surface area contributed by atoms with Crippen molar-refractivity contribution in [2.45, 2.75) is 46.0 Å². The topological polar surface area (TPSA) is 24.5 Å². The van der Waals surface area contributed by atoms with E-state index in [2.05, 4.69) is 68.0 Å². The number of nitrogens with one attached hydrogen (secondary N) is 1. The maximum absolute atomic E-state index is 6.08. The Hall–Kier alpha value is -0.263. The molecule has 1 aliphatic heterocycles. The van der Waals surface area contributed by atoms with Crippen LogP contribution in [-0.2, 0) is 0 Å². The fourth-order valence-electron chi connectivity index (χ4n) is 3.05. The minimum atomic E-state index is -1.52. The normalized spacial score (nSPS) is 16.9. The number of piperazine rings is 1. The molecule has 1 N–H and O–H groups in total. The SMILES string of the molecule is CC(C)C[C@H](c1ccc(O[Si](C)(C)C)cc1)N1CCNCC1.Cl.Cl. The number of benzene rings is 1. The lowest BCUT2D eigenvalue weighted by molar-refractivity contribution is 0.154. The third-order valence-corrected chi connectivity index (χ3v) is 4.82. The highest BCUT2D eigenvalue weighted by molar-refractivity contribution is 6.70. The van der Waals surface area contributed by atoms with E-state index in [1.165, 1.54) is 12.0 Å². The van der Waals surface area contributed by atoms with Crippen LogP contribution in [0.2, 0.25) is 19.6 Å². The second kappa shape index (κ2) is 10.7. The van der Waals surface area contributed by atoms with Crippen LogP contribution in [0.3, 0.4) is 0 Å². The van der Waals surface area contributed by atoms with Crippen molar-refractivity contribution in [3.63, 3.8) is 0 Å². The zero-order valence-electron chi connectivity index (χ0n) is 15.7. The Kier molecular flexibility index (Phi) is 10.5. The summed E-state index contributed by atoms with van der Waals surface area (Å²) in [7, 11) is -1.52. The van der Waals surface area contributed by atoms with Crippen molar-refractivity contribution >= 4 is 33.1 Å². The summed E-state index contributed by atoms with van der Waals surface area (Å²) in [6.45, 7) is 15.8. The largest absolute Gasteiger partial charge is 0.544 e. The van der Waals surface area contributed by atoms with Crippen molar-refractivity contribution < 1.29 is 4.43 Å². The molecular weight excluding hydrogens is 359 g/mol. The molecule has 0 spiro atoms. The van der Waals surface area contributed by atoms with Crippen LogP contribution in [0.4, 0.5) is 0 Å². The maximum atomic E-state index is 6.08. The second-order valence-corrected chi connectivity index (χ2v) is 12.1. The Bertz CT molecular complexity index is 457. The van der Waals surface area contributed by atoms with E-state index in [1.807, 2.05) is 0 Å². The van der Waals surface area contributed by atoms with Crippen molar-refractivity contribution in [3.8, 4) is 5.75 Å². The quantitative estimate of drug-likeness (QED) is 0.707. The molecule has 3 nitrogen and oxygen atoms in total. The van der Waals surface area contributed by atoms with Gasteiger partial charge in [-0.2, -0.15) is 0 Å². The van der Waals surface area contributed by atoms with E-state index in [1.54, 1.807) is 0 Å². The van der Waals surface area contributed by atoms with Gasteiger partial charge in [-0.05, 0) is 49.7 Å². The van der Waals surface area contributed by atoms with Crippen LogP contribution in [0.1, 0.15) is 31.9 Å². The molecule has 1 aromatic carbocycles. The predicted molar refractivity (Wildman–Crippen MR) is 112 cm³/mol. The molecule has 0 bridgehead atoms. The van der Waals surface area contributed by atoms with Crippen LogP contribution in [-0.4, -0.2) is 39.4 Å². The number of rotatable bonds is 6. The molecule has 1 heterocycles. The summed E-state index contributed by atoms with van der Waals surface area (Å²) in [5.41, 5.74) is 1.43. The highest BCUT2D eigenvalue weighted by Gasteiger charge is 2.23. The van der Waals surface area contributed by atoms with Crippen molar-refractivity contribution in [3.05, 3.63) is 29.8 Å². The van der Waals surface area contributed by atoms with E-state index in [-0.39, 0.29) is 24.8 Å². The van der Waals surface area contributed by atoms with Gasteiger partial charge in [0.2, 0.25) is 8.32 Å². The molecule has 0 radical (unpaired) electrons. The lowest BCUT2D eigenvalue weighted by Gasteiger charge is -2.36. The molecular formula is C18H34Cl2N2OSi. The maximum Gasteiger partial charge on any atom is 0.242 e. The minimum absolute atomic E-state index is 0. The van der Waals surface area contributed by atoms with Gasteiger partial charge in [-0.3, -0.25) is 4.90 Å². The van der Waals surface area contributed by atoms with Crippen LogP contribution in [0.25, 0.3) is 0 Å². The third-order valence-electron chi connectivity index (χ3n) is 3.98. The van der Waals surface area contributed by atoms with Crippen LogP contribution >= 0.6 is 24.8 Å². The lowest BCUT2D eigenvalue weighted by Crippen LogP contribution is -2.45. The Morgan fingerprint density at radius 1 is 1.04 bits per heavy atom. The van der Waals surface area contributed by atoms with Crippen molar-refractivity contribution in [1.82, 2.24) is 10.2 Å². The molecule has 1 saturated heterocycles. The number of hydrogen-bond acceptors (Lipinski definition) is 3. The van der Waals surface area contributed by atoms with Crippen molar-refractivity contribution in [2.75, 3.05) is 26.2 Å². The van der Waals surface area contributed by atoms with Gasteiger partial charge in [0, 0.05) is 32.2 Å². The van der Waals surface area contributed by atoms with E-state index >= 15 is 0 Å². The highest BCUT2D eigenvalue weighted by Crippen LogP contribution is 2.29. The average Bonchev–Trinajstić information content (AvgIpc) is 2.45. The van der Waals surface area contributed by atoms with Crippen LogP contribution in [0, 0.1) is 5.92 Å². The molecule has 6 heteroatoms. The van der Waals surface area contributed by atoms with E-state index in [0.29, 0.717) is 12.0 Å². The van der Waals surface area contributed by atoms with Gasteiger partial charge in [0.05, 0.1) is 0 Å². The Balaban J connectivity index is 0.00000264. The highest BCUT2D eigenvalue weighted by atomic mass is 35.5.